The number of benzene rings is 1. The molecule has 0 heterocycles. The fourth-order valence-electron chi connectivity index (χ4n) is 1.50. The van der Waals surface area contributed by atoms with E-state index in [1.54, 1.807) is 12.1 Å². The predicted molar refractivity (Wildman–Crippen MR) is 79.0 cm³/mol. The summed E-state index contributed by atoms with van der Waals surface area (Å²) in [6.07, 6.45) is 0. The summed E-state index contributed by atoms with van der Waals surface area (Å²) in [6, 6.07) is 6.29. The lowest BCUT2D eigenvalue weighted by Crippen LogP contribution is -2.30. The van der Waals surface area contributed by atoms with Gasteiger partial charge in [0.25, 0.3) is 0 Å². The van der Waals surface area contributed by atoms with Crippen molar-refractivity contribution in [3.8, 4) is 5.75 Å². The second kappa shape index (κ2) is 8.46. The van der Waals surface area contributed by atoms with Crippen LogP contribution in [-0.2, 0) is 14.8 Å². The lowest BCUT2D eigenvalue weighted by atomic mass is 10.3. The summed E-state index contributed by atoms with van der Waals surface area (Å²) >= 11 is 5.52. The first-order chi connectivity index (χ1) is 9.52. The van der Waals surface area contributed by atoms with Crippen LogP contribution in [0.15, 0.2) is 29.2 Å². The molecule has 7 heteroatoms. The minimum absolute atomic E-state index is 0.231. The Balaban J connectivity index is 2.71. The summed E-state index contributed by atoms with van der Waals surface area (Å²) in [5, 5.41) is 0. The average Bonchev–Trinajstić information content (AvgIpc) is 2.45. The van der Waals surface area contributed by atoms with Crippen molar-refractivity contribution in [2.75, 3.05) is 39.3 Å². The molecule has 0 N–H and O–H groups in total. The average molecular weight is 322 g/mol. The number of alkyl halides is 1. The topological polar surface area (TPSA) is 55.8 Å². The number of hydrogen-bond donors (Lipinski definition) is 0. The lowest BCUT2D eigenvalue weighted by molar-refractivity contribution is 0.138. The van der Waals surface area contributed by atoms with Gasteiger partial charge in [-0.15, -0.1) is 11.6 Å². The highest BCUT2D eigenvalue weighted by molar-refractivity contribution is 7.89. The third-order valence-electron chi connectivity index (χ3n) is 2.63. The molecule has 0 amide bonds. The maximum Gasteiger partial charge on any atom is 0.242 e. The quantitative estimate of drug-likeness (QED) is 0.515. The Morgan fingerprint density at radius 3 is 2.40 bits per heavy atom. The van der Waals surface area contributed by atoms with E-state index in [9.17, 15) is 8.42 Å². The van der Waals surface area contributed by atoms with E-state index in [2.05, 4.69) is 0 Å². The van der Waals surface area contributed by atoms with Crippen LogP contribution in [0.1, 0.15) is 6.92 Å². The molecule has 1 aromatic carbocycles. The standard InChI is InChI=1S/C13H20ClNO4S/c1-3-18-11-9-15(2)20(16,17)13-6-4-12(5-7-13)19-10-8-14/h4-7H,3,8-11H2,1-2H3. The van der Waals surface area contributed by atoms with Gasteiger partial charge in [0.1, 0.15) is 12.4 Å². The summed E-state index contributed by atoms with van der Waals surface area (Å²) in [7, 11) is -1.95. The van der Waals surface area contributed by atoms with Gasteiger partial charge in [-0.25, -0.2) is 8.42 Å². The second-order valence-electron chi connectivity index (χ2n) is 4.03. The fraction of sp³-hybridized carbons (Fsp3) is 0.538. The normalized spacial score (nSPS) is 11.8. The van der Waals surface area contributed by atoms with Gasteiger partial charge in [-0.3, -0.25) is 0 Å². The largest absolute Gasteiger partial charge is 0.492 e. The van der Waals surface area contributed by atoms with E-state index in [0.29, 0.717) is 38.0 Å². The van der Waals surface area contributed by atoms with Gasteiger partial charge >= 0.3 is 0 Å². The first kappa shape index (κ1) is 17.2. The molecule has 1 rings (SSSR count). The predicted octanol–water partition coefficient (Wildman–Crippen LogP) is 1.96. The third-order valence-corrected chi connectivity index (χ3v) is 4.66. The molecule has 0 fully saturated rings. The highest BCUT2D eigenvalue weighted by atomic mass is 35.5. The van der Waals surface area contributed by atoms with Crippen molar-refractivity contribution in [2.24, 2.45) is 0 Å². The van der Waals surface area contributed by atoms with Crippen LogP contribution in [0.5, 0.6) is 5.75 Å². The van der Waals surface area contributed by atoms with E-state index in [1.165, 1.54) is 23.5 Å². The van der Waals surface area contributed by atoms with Gasteiger partial charge in [0.05, 0.1) is 17.4 Å². The van der Waals surface area contributed by atoms with E-state index in [-0.39, 0.29) is 4.90 Å². The molecule has 0 atom stereocenters. The number of likely N-dealkylation sites (N-methyl/N-ethyl adjacent to an activating group) is 1. The van der Waals surface area contributed by atoms with Crippen LogP contribution in [0.4, 0.5) is 0 Å². The van der Waals surface area contributed by atoms with Crippen LogP contribution in [0.25, 0.3) is 0 Å². The maximum atomic E-state index is 12.3. The summed E-state index contributed by atoms with van der Waals surface area (Å²) in [5.74, 6) is 0.988. The van der Waals surface area contributed by atoms with Gasteiger partial charge in [-0.1, -0.05) is 0 Å². The third kappa shape index (κ3) is 4.94. The lowest BCUT2D eigenvalue weighted by Gasteiger charge is -2.17. The molecule has 0 radical (unpaired) electrons. The van der Waals surface area contributed by atoms with Crippen LogP contribution in [0, 0.1) is 0 Å². The Kier molecular flexibility index (Phi) is 7.29. The van der Waals surface area contributed by atoms with Gasteiger partial charge in [0.15, 0.2) is 0 Å². The number of halogens is 1. The minimum atomic E-state index is -3.48. The smallest absolute Gasteiger partial charge is 0.242 e. The van der Waals surface area contributed by atoms with Crippen LogP contribution >= 0.6 is 11.6 Å². The Hall–Kier alpha value is -0.820. The highest BCUT2D eigenvalue weighted by Crippen LogP contribution is 2.18. The van der Waals surface area contributed by atoms with Gasteiger partial charge in [-0.2, -0.15) is 4.31 Å². The van der Waals surface area contributed by atoms with E-state index < -0.39 is 10.0 Å². The van der Waals surface area contributed by atoms with Crippen molar-refractivity contribution in [3.05, 3.63) is 24.3 Å². The molecule has 0 spiro atoms. The summed E-state index contributed by atoms with van der Waals surface area (Å²) in [5.41, 5.74) is 0. The molecule has 114 valence electrons. The monoisotopic (exact) mass is 321 g/mol. The zero-order valence-electron chi connectivity index (χ0n) is 11.7. The SMILES string of the molecule is CCOCCN(C)S(=O)(=O)c1ccc(OCCCl)cc1. The fourth-order valence-corrected chi connectivity index (χ4v) is 2.73. The Morgan fingerprint density at radius 2 is 1.85 bits per heavy atom. The van der Waals surface area contributed by atoms with E-state index in [0.717, 1.165) is 0 Å². The van der Waals surface area contributed by atoms with Crippen molar-refractivity contribution >= 4 is 21.6 Å². The summed E-state index contributed by atoms with van der Waals surface area (Å²) in [6.45, 7) is 3.53. The number of hydrogen-bond acceptors (Lipinski definition) is 4. The van der Waals surface area contributed by atoms with Crippen LogP contribution in [-0.4, -0.2) is 52.0 Å². The summed E-state index contributed by atoms with van der Waals surface area (Å²) < 4.78 is 36.3. The molecule has 5 nitrogen and oxygen atoms in total. The maximum absolute atomic E-state index is 12.3. The van der Waals surface area contributed by atoms with Gasteiger partial charge in [0.2, 0.25) is 10.0 Å². The highest BCUT2D eigenvalue weighted by Gasteiger charge is 2.20. The molecule has 0 bridgehead atoms. The van der Waals surface area contributed by atoms with E-state index in [1.807, 2.05) is 6.92 Å². The number of nitrogens with zero attached hydrogens (tertiary/aromatic N) is 1. The van der Waals surface area contributed by atoms with Crippen molar-refractivity contribution < 1.29 is 17.9 Å². The zero-order chi connectivity index (χ0) is 15.0. The molecular weight excluding hydrogens is 302 g/mol. The molecule has 0 aliphatic carbocycles. The molecular formula is C13H20ClNO4S. The Labute approximate surface area is 125 Å². The Morgan fingerprint density at radius 1 is 1.20 bits per heavy atom. The molecule has 1 aromatic rings. The molecule has 0 saturated heterocycles. The molecule has 20 heavy (non-hydrogen) atoms. The molecule has 0 aliphatic heterocycles. The number of rotatable bonds is 9. The van der Waals surface area contributed by atoms with Crippen LogP contribution in [0.3, 0.4) is 0 Å². The minimum Gasteiger partial charge on any atom is -0.492 e. The van der Waals surface area contributed by atoms with Gasteiger partial charge in [-0.05, 0) is 31.2 Å². The molecule has 0 unspecified atom stereocenters. The number of ether oxygens (including phenoxy) is 2. The Bertz CT molecular complexity index is 490. The second-order valence-corrected chi connectivity index (χ2v) is 6.46. The zero-order valence-corrected chi connectivity index (χ0v) is 13.3. The number of sulfonamides is 1. The van der Waals surface area contributed by atoms with Crippen molar-refractivity contribution in [1.82, 2.24) is 4.31 Å². The van der Waals surface area contributed by atoms with E-state index >= 15 is 0 Å². The van der Waals surface area contributed by atoms with Crippen molar-refractivity contribution in [1.29, 1.82) is 0 Å². The van der Waals surface area contributed by atoms with Crippen molar-refractivity contribution in [3.63, 3.8) is 0 Å². The van der Waals surface area contributed by atoms with Gasteiger partial charge in [0, 0.05) is 20.2 Å². The van der Waals surface area contributed by atoms with Crippen molar-refractivity contribution in [2.45, 2.75) is 11.8 Å². The van der Waals surface area contributed by atoms with Gasteiger partial charge < -0.3 is 9.47 Å². The van der Waals surface area contributed by atoms with E-state index in [4.69, 9.17) is 21.1 Å². The molecule has 0 saturated carbocycles. The molecule has 0 aromatic heterocycles. The first-order valence-corrected chi connectivity index (χ1v) is 8.32. The summed E-state index contributed by atoms with van der Waals surface area (Å²) in [4.78, 5) is 0.231. The molecule has 0 aliphatic rings. The van der Waals surface area contributed by atoms with Crippen LogP contribution < -0.4 is 4.74 Å². The first-order valence-electron chi connectivity index (χ1n) is 6.35. The van der Waals surface area contributed by atoms with Crippen LogP contribution in [0.2, 0.25) is 0 Å².